The van der Waals surface area contributed by atoms with E-state index in [1.165, 1.54) is 18.2 Å². The van der Waals surface area contributed by atoms with E-state index >= 15 is 0 Å². The number of halogens is 5. The second-order valence-corrected chi connectivity index (χ2v) is 9.98. The van der Waals surface area contributed by atoms with Crippen molar-refractivity contribution in [2.75, 3.05) is 10.6 Å². The first-order chi connectivity index (χ1) is 16.1. The molecule has 1 aliphatic rings. The number of carbonyl (C=O) groups excluding carboxylic acids is 2. The molecule has 5 nitrogen and oxygen atoms in total. The Labute approximate surface area is 214 Å². The monoisotopic (exact) mass is 535 g/mol. The summed E-state index contributed by atoms with van der Waals surface area (Å²) in [5, 5.41) is 15.2. The van der Waals surface area contributed by atoms with E-state index in [1.807, 2.05) is 6.07 Å². The summed E-state index contributed by atoms with van der Waals surface area (Å²) in [7, 11) is 0. The third kappa shape index (κ3) is 4.98. The summed E-state index contributed by atoms with van der Waals surface area (Å²) >= 11 is 24.9. The molecule has 1 aliphatic carbocycles. The molecule has 172 valence electrons. The highest BCUT2D eigenvalue weighted by Crippen LogP contribution is 2.65. The standard InChI is InChI=1S/C24H14Cl4FN3O2/c25-15-6-13(7-16(26)10-15)20-21(24(20,27)28)23(34)31-18-3-1-2-12(9-18)22(33)32-19-5-4-17(29)8-14(19)11-30/h1-10,20-21H,(H,31,34)(H,32,33)/t20-,21+/m1/s1. The van der Waals surface area contributed by atoms with Gasteiger partial charge in [0.1, 0.15) is 16.2 Å². The number of hydrogen-bond donors (Lipinski definition) is 2. The lowest BCUT2D eigenvalue weighted by Crippen LogP contribution is -2.18. The van der Waals surface area contributed by atoms with Crippen LogP contribution in [0.25, 0.3) is 0 Å². The number of alkyl halides is 2. The van der Waals surface area contributed by atoms with Gasteiger partial charge in [-0.2, -0.15) is 5.26 Å². The third-order valence-electron chi connectivity index (χ3n) is 5.32. The van der Waals surface area contributed by atoms with Gasteiger partial charge in [0.2, 0.25) is 5.91 Å². The Morgan fingerprint density at radius 3 is 2.35 bits per heavy atom. The van der Waals surface area contributed by atoms with Crippen LogP contribution in [-0.2, 0) is 4.79 Å². The Morgan fingerprint density at radius 1 is 0.971 bits per heavy atom. The molecule has 1 fully saturated rings. The van der Waals surface area contributed by atoms with Gasteiger partial charge in [0.05, 0.1) is 17.2 Å². The highest BCUT2D eigenvalue weighted by atomic mass is 35.5. The van der Waals surface area contributed by atoms with Crippen molar-refractivity contribution in [2.24, 2.45) is 5.92 Å². The smallest absolute Gasteiger partial charge is 0.255 e. The van der Waals surface area contributed by atoms with Gasteiger partial charge >= 0.3 is 0 Å². The van der Waals surface area contributed by atoms with Gasteiger partial charge in [-0.05, 0) is 60.2 Å². The first kappa shape index (κ1) is 24.3. The Bertz CT molecular complexity index is 1340. The van der Waals surface area contributed by atoms with Crippen LogP contribution >= 0.6 is 46.4 Å². The molecule has 34 heavy (non-hydrogen) atoms. The zero-order valence-electron chi connectivity index (χ0n) is 17.1. The van der Waals surface area contributed by atoms with Gasteiger partial charge in [-0.15, -0.1) is 23.2 Å². The zero-order chi connectivity index (χ0) is 24.6. The fourth-order valence-electron chi connectivity index (χ4n) is 3.69. The topological polar surface area (TPSA) is 82.0 Å². The highest BCUT2D eigenvalue weighted by Gasteiger charge is 2.67. The maximum absolute atomic E-state index is 13.3. The molecule has 2 atom stereocenters. The number of nitriles is 1. The maximum atomic E-state index is 13.3. The van der Waals surface area contributed by atoms with Crippen LogP contribution in [0.5, 0.6) is 0 Å². The molecular weight excluding hydrogens is 523 g/mol. The molecule has 1 saturated carbocycles. The van der Waals surface area contributed by atoms with E-state index in [-0.39, 0.29) is 16.8 Å². The molecule has 0 aromatic heterocycles. The molecule has 3 aromatic rings. The van der Waals surface area contributed by atoms with Gasteiger partial charge in [0.25, 0.3) is 5.91 Å². The van der Waals surface area contributed by atoms with Crippen molar-refractivity contribution in [3.63, 3.8) is 0 Å². The molecule has 10 heteroatoms. The van der Waals surface area contributed by atoms with E-state index in [4.69, 9.17) is 51.7 Å². The van der Waals surface area contributed by atoms with Crippen LogP contribution in [0.4, 0.5) is 15.8 Å². The summed E-state index contributed by atoms with van der Waals surface area (Å²) in [5.41, 5.74) is 1.35. The molecule has 0 unspecified atom stereocenters. The van der Waals surface area contributed by atoms with Gasteiger partial charge in [0, 0.05) is 27.2 Å². The first-order valence-corrected chi connectivity index (χ1v) is 11.4. The van der Waals surface area contributed by atoms with Gasteiger partial charge < -0.3 is 10.6 Å². The fraction of sp³-hybridized carbons (Fsp3) is 0.125. The third-order valence-corrected chi connectivity index (χ3v) is 6.70. The van der Waals surface area contributed by atoms with Crippen molar-refractivity contribution < 1.29 is 14.0 Å². The molecule has 0 heterocycles. The van der Waals surface area contributed by atoms with Crippen LogP contribution < -0.4 is 10.6 Å². The van der Waals surface area contributed by atoms with Crippen LogP contribution in [0, 0.1) is 23.1 Å². The van der Waals surface area contributed by atoms with Crippen LogP contribution in [0.3, 0.4) is 0 Å². The molecule has 0 aliphatic heterocycles. The number of hydrogen-bond acceptors (Lipinski definition) is 3. The van der Waals surface area contributed by atoms with E-state index < -0.39 is 33.8 Å². The van der Waals surface area contributed by atoms with E-state index in [0.29, 0.717) is 21.3 Å². The molecule has 0 saturated heterocycles. The van der Waals surface area contributed by atoms with Gasteiger partial charge in [-0.25, -0.2) is 4.39 Å². The quantitative estimate of drug-likeness (QED) is 0.352. The number of carbonyl (C=O) groups is 2. The van der Waals surface area contributed by atoms with E-state index in [9.17, 15) is 14.0 Å². The van der Waals surface area contributed by atoms with Crippen molar-refractivity contribution >= 4 is 69.6 Å². The minimum absolute atomic E-state index is 0.0146. The first-order valence-electron chi connectivity index (χ1n) is 9.86. The van der Waals surface area contributed by atoms with Crippen LogP contribution in [0.15, 0.2) is 60.7 Å². The van der Waals surface area contributed by atoms with Crippen LogP contribution in [0.1, 0.15) is 27.4 Å². The summed E-state index contributed by atoms with van der Waals surface area (Å²) in [5.74, 6) is -2.84. The summed E-state index contributed by atoms with van der Waals surface area (Å²) < 4.78 is 12.0. The predicted molar refractivity (Wildman–Crippen MR) is 131 cm³/mol. The summed E-state index contributed by atoms with van der Waals surface area (Å²) in [6.45, 7) is 0. The largest absolute Gasteiger partial charge is 0.326 e. The number of benzene rings is 3. The Hall–Kier alpha value is -2.82. The van der Waals surface area contributed by atoms with E-state index in [1.54, 1.807) is 30.3 Å². The number of amides is 2. The van der Waals surface area contributed by atoms with Crippen LogP contribution in [-0.4, -0.2) is 16.1 Å². The van der Waals surface area contributed by atoms with Crippen molar-refractivity contribution in [1.29, 1.82) is 5.26 Å². The number of nitrogens with one attached hydrogen (secondary N) is 2. The number of anilines is 2. The lowest BCUT2D eigenvalue weighted by molar-refractivity contribution is -0.117. The summed E-state index contributed by atoms with van der Waals surface area (Å²) in [6, 6.07) is 16.3. The average molecular weight is 537 g/mol. The molecule has 2 N–H and O–H groups in total. The van der Waals surface area contributed by atoms with Gasteiger partial charge in [-0.3, -0.25) is 9.59 Å². The SMILES string of the molecule is N#Cc1cc(F)ccc1NC(=O)c1cccc(NC(=O)[C@@H]2[C@@H](c3cc(Cl)cc(Cl)c3)C2(Cl)Cl)c1. The molecule has 2 amide bonds. The molecule has 0 bridgehead atoms. The number of rotatable bonds is 5. The van der Waals surface area contributed by atoms with Gasteiger partial charge in [0.15, 0.2) is 0 Å². The Balaban J connectivity index is 1.49. The summed E-state index contributed by atoms with van der Waals surface area (Å²) in [6.07, 6.45) is 0. The summed E-state index contributed by atoms with van der Waals surface area (Å²) in [4.78, 5) is 25.6. The minimum atomic E-state index is -1.34. The van der Waals surface area contributed by atoms with Crippen molar-refractivity contribution in [3.05, 3.63) is 93.2 Å². The Kier molecular flexibility index (Phi) is 6.75. The van der Waals surface area contributed by atoms with Crippen molar-refractivity contribution in [3.8, 4) is 6.07 Å². The van der Waals surface area contributed by atoms with Crippen LogP contribution in [0.2, 0.25) is 10.0 Å². The predicted octanol–water partition coefficient (Wildman–Crippen LogP) is 6.78. The molecular formula is C24H14Cl4FN3O2. The maximum Gasteiger partial charge on any atom is 0.255 e. The molecule has 0 spiro atoms. The van der Waals surface area contributed by atoms with E-state index in [2.05, 4.69) is 10.6 Å². The molecule has 4 rings (SSSR count). The van der Waals surface area contributed by atoms with Crippen molar-refractivity contribution in [2.45, 2.75) is 10.3 Å². The second kappa shape index (κ2) is 9.44. The Morgan fingerprint density at radius 2 is 1.68 bits per heavy atom. The molecule has 3 aromatic carbocycles. The fourth-order valence-corrected chi connectivity index (χ4v) is 5.06. The van der Waals surface area contributed by atoms with Crippen molar-refractivity contribution in [1.82, 2.24) is 0 Å². The highest BCUT2D eigenvalue weighted by molar-refractivity contribution is 6.53. The van der Waals surface area contributed by atoms with E-state index in [0.717, 1.165) is 12.1 Å². The lowest BCUT2D eigenvalue weighted by atomic mass is 10.1. The normalized spacial score (nSPS) is 18.0. The molecule has 0 radical (unpaired) electrons. The zero-order valence-corrected chi connectivity index (χ0v) is 20.1. The minimum Gasteiger partial charge on any atom is -0.326 e. The number of nitrogens with zero attached hydrogens (tertiary/aromatic N) is 1. The second-order valence-electron chi connectivity index (χ2n) is 7.66. The average Bonchev–Trinajstić information content (AvgIpc) is 3.36. The lowest BCUT2D eigenvalue weighted by Gasteiger charge is -2.10. The van der Waals surface area contributed by atoms with Gasteiger partial charge in [-0.1, -0.05) is 29.3 Å².